The summed E-state index contributed by atoms with van der Waals surface area (Å²) in [7, 11) is 1.69. The maximum Gasteiger partial charge on any atom is 0.238 e. The molecule has 0 aliphatic rings. The maximum atomic E-state index is 13.2. The number of amides is 2. The second-order valence-corrected chi connectivity index (χ2v) is 6.68. The number of carbonyl (C=O) groups is 2. The van der Waals surface area contributed by atoms with Gasteiger partial charge in [0.25, 0.3) is 0 Å². The number of nitrogens with one attached hydrogen (secondary N) is 2. The average molecular weight is 371 g/mol. The standard InChI is InChI=1S/C21H26FN3O2/c1-4-15(2)18-10-5-6-11-19(18)24-21(27)14-25(3)13-20(26)23-17-9-7-8-16(22)12-17/h5-12,15H,4,13-14H2,1-3H3,(H,23,26)(H,24,27)/t15-/m0/s1. The zero-order chi connectivity index (χ0) is 19.8. The van der Waals surface area contributed by atoms with E-state index in [1.165, 1.54) is 18.2 Å². The van der Waals surface area contributed by atoms with Crippen LogP contribution in [0.15, 0.2) is 48.5 Å². The molecule has 0 saturated heterocycles. The molecule has 0 fully saturated rings. The quantitative estimate of drug-likeness (QED) is 0.741. The van der Waals surface area contributed by atoms with Gasteiger partial charge in [-0.2, -0.15) is 0 Å². The van der Waals surface area contributed by atoms with Gasteiger partial charge in [0, 0.05) is 11.4 Å². The van der Waals surface area contributed by atoms with E-state index in [-0.39, 0.29) is 24.9 Å². The van der Waals surface area contributed by atoms with Gasteiger partial charge in [0.2, 0.25) is 11.8 Å². The normalized spacial score (nSPS) is 11.9. The molecular weight excluding hydrogens is 345 g/mol. The molecule has 2 amide bonds. The molecule has 144 valence electrons. The smallest absolute Gasteiger partial charge is 0.238 e. The number of para-hydroxylation sites is 1. The van der Waals surface area contributed by atoms with Crippen LogP contribution in [0, 0.1) is 5.82 Å². The van der Waals surface area contributed by atoms with Crippen LogP contribution in [-0.4, -0.2) is 36.9 Å². The van der Waals surface area contributed by atoms with E-state index in [1.54, 1.807) is 18.0 Å². The number of likely N-dealkylation sites (N-methyl/N-ethyl adjacent to an activating group) is 1. The van der Waals surface area contributed by atoms with Gasteiger partial charge < -0.3 is 10.6 Å². The fraction of sp³-hybridized carbons (Fsp3) is 0.333. The predicted molar refractivity (Wildman–Crippen MR) is 106 cm³/mol. The Morgan fingerprint density at radius 2 is 1.70 bits per heavy atom. The minimum absolute atomic E-state index is 0.0247. The van der Waals surface area contributed by atoms with Crippen LogP contribution in [0.25, 0.3) is 0 Å². The van der Waals surface area contributed by atoms with Crippen molar-refractivity contribution >= 4 is 23.2 Å². The summed E-state index contributed by atoms with van der Waals surface area (Å²) in [5.41, 5.74) is 2.29. The summed E-state index contributed by atoms with van der Waals surface area (Å²) in [6.45, 7) is 4.32. The molecule has 0 radical (unpaired) electrons. The molecule has 2 N–H and O–H groups in total. The summed E-state index contributed by atoms with van der Waals surface area (Å²) >= 11 is 0. The van der Waals surface area contributed by atoms with E-state index in [2.05, 4.69) is 24.5 Å². The summed E-state index contributed by atoms with van der Waals surface area (Å²) in [6, 6.07) is 13.4. The molecule has 0 heterocycles. The molecule has 5 nitrogen and oxygen atoms in total. The van der Waals surface area contributed by atoms with Gasteiger partial charge in [0.1, 0.15) is 5.82 Å². The van der Waals surface area contributed by atoms with Crippen molar-refractivity contribution in [2.24, 2.45) is 0 Å². The van der Waals surface area contributed by atoms with E-state index in [1.807, 2.05) is 24.3 Å². The third-order valence-electron chi connectivity index (χ3n) is 4.31. The Labute approximate surface area is 159 Å². The second-order valence-electron chi connectivity index (χ2n) is 6.68. The van der Waals surface area contributed by atoms with Crippen LogP contribution < -0.4 is 10.6 Å². The highest BCUT2D eigenvalue weighted by atomic mass is 19.1. The number of anilines is 2. The second kappa shape index (κ2) is 9.83. The first-order valence-electron chi connectivity index (χ1n) is 9.01. The Kier molecular flexibility index (Phi) is 7.49. The lowest BCUT2D eigenvalue weighted by Gasteiger charge is -2.18. The molecule has 0 bridgehead atoms. The summed E-state index contributed by atoms with van der Waals surface area (Å²) < 4.78 is 13.2. The van der Waals surface area contributed by atoms with Crippen LogP contribution in [0.1, 0.15) is 31.7 Å². The molecule has 0 saturated carbocycles. The first-order valence-corrected chi connectivity index (χ1v) is 9.01. The number of halogens is 1. The Hall–Kier alpha value is -2.73. The van der Waals surface area contributed by atoms with Gasteiger partial charge in [0.15, 0.2) is 0 Å². The molecule has 0 spiro atoms. The molecule has 1 atom stereocenters. The number of rotatable bonds is 8. The molecule has 27 heavy (non-hydrogen) atoms. The lowest BCUT2D eigenvalue weighted by atomic mass is 9.97. The number of nitrogens with zero attached hydrogens (tertiary/aromatic N) is 1. The van der Waals surface area contributed by atoms with E-state index in [0.717, 1.165) is 17.7 Å². The van der Waals surface area contributed by atoms with Crippen molar-refractivity contribution in [2.75, 3.05) is 30.8 Å². The maximum absolute atomic E-state index is 13.2. The Balaban J connectivity index is 1.88. The minimum Gasteiger partial charge on any atom is -0.325 e. The van der Waals surface area contributed by atoms with E-state index in [9.17, 15) is 14.0 Å². The minimum atomic E-state index is -0.416. The third-order valence-corrected chi connectivity index (χ3v) is 4.31. The van der Waals surface area contributed by atoms with Crippen LogP contribution in [0.5, 0.6) is 0 Å². The Morgan fingerprint density at radius 1 is 1.04 bits per heavy atom. The average Bonchev–Trinajstić information content (AvgIpc) is 2.61. The molecule has 6 heteroatoms. The van der Waals surface area contributed by atoms with Crippen molar-refractivity contribution in [1.82, 2.24) is 4.90 Å². The fourth-order valence-corrected chi connectivity index (χ4v) is 2.76. The Bertz CT molecular complexity index is 795. The van der Waals surface area contributed by atoms with E-state index in [4.69, 9.17) is 0 Å². The number of carbonyl (C=O) groups excluding carboxylic acids is 2. The SMILES string of the molecule is CC[C@H](C)c1ccccc1NC(=O)CN(C)CC(=O)Nc1cccc(F)c1. The zero-order valence-corrected chi connectivity index (χ0v) is 16.0. The molecule has 0 unspecified atom stereocenters. The molecule has 0 aromatic heterocycles. The molecule has 0 aliphatic carbocycles. The Morgan fingerprint density at radius 3 is 2.37 bits per heavy atom. The molecule has 2 rings (SSSR count). The lowest BCUT2D eigenvalue weighted by molar-refractivity contribution is -0.119. The largest absolute Gasteiger partial charge is 0.325 e. The van der Waals surface area contributed by atoms with Crippen molar-refractivity contribution in [3.63, 3.8) is 0 Å². The van der Waals surface area contributed by atoms with Gasteiger partial charge in [-0.15, -0.1) is 0 Å². The van der Waals surface area contributed by atoms with Crippen molar-refractivity contribution in [2.45, 2.75) is 26.2 Å². The number of hydrogen-bond acceptors (Lipinski definition) is 3. The van der Waals surface area contributed by atoms with E-state index in [0.29, 0.717) is 11.6 Å². The van der Waals surface area contributed by atoms with Crippen molar-refractivity contribution in [1.29, 1.82) is 0 Å². The van der Waals surface area contributed by atoms with Gasteiger partial charge >= 0.3 is 0 Å². The van der Waals surface area contributed by atoms with Gasteiger partial charge in [-0.3, -0.25) is 14.5 Å². The van der Waals surface area contributed by atoms with Crippen molar-refractivity contribution < 1.29 is 14.0 Å². The summed E-state index contributed by atoms with van der Waals surface area (Å²) in [5, 5.41) is 5.54. The first kappa shape index (κ1) is 20.6. The number of benzene rings is 2. The monoisotopic (exact) mass is 371 g/mol. The lowest BCUT2D eigenvalue weighted by Crippen LogP contribution is -2.36. The van der Waals surface area contributed by atoms with E-state index >= 15 is 0 Å². The van der Waals surface area contributed by atoms with Crippen LogP contribution >= 0.6 is 0 Å². The summed E-state index contributed by atoms with van der Waals surface area (Å²) in [5.74, 6) is -0.570. The molecular formula is C21H26FN3O2. The fourth-order valence-electron chi connectivity index (χ4n) is 2.76. The highest BCUT2D eigenvalue weighted by Gasteiger charge is 2.14. The summed E-state index contributed by atoms with van der Waals surface area (Å²) in [6.07, 6.45) is 0.979. The van der Waals surface area contributed by atoms with Gasteiger partial charge in [-0.1, -0.05) is 38.1 Å². The topological polar surface area (TPSA) is 61.4 Å². The van der Waals surface area contributed by atoms with Gasteiger partial charge in [-0.05, 0) is 49.2 Å². The summed E-state index contributed by atoms with van der Waals surface area (Å²) in [4.78, 5) is 26.0. The predicted octanol–water partition coefficient (Wildman–Crippen LogP) is 3.85. The zero-order valence-electron chi connectivity index (χ0n) is 16.0. The molecule has 2 aromatic rings. The molecule has 0 aliphatic heterocycles. The van der Waals surface area contributed by atoms with Gasteiger partial charge in [-0.25, -0.2) is 4.39 Å². The van der Waals surface area contributed by atoms with Crippen LogP contribution in [-0.2, 0) is 9.59 Å². The van der Waals surface area contributed by atoms with Gasteiger partial charge in [0.05, 0.1) is 13.1 Å². The van der Waals surface area contributed by atoms with Crippen molar-refractivity contribution in [3.8, 4) is 0 Å². The van der Waals surface area contributed by atoms with E-state index < -0.39 is 5.82 Å². The highest BCUT2D eigenvalue weighted by Crippen LogP contribution is 2.26. The van der Waals surface area contributed by atoms with Crippen LogP contribution in [0.3, 0.4) is 0 Å². The van der Waals surface area contributed by atoms with Crippen LogP contribution in [0.2, 0.25) is 0 Å². The first-order chi connectivity index (χ1) is 12.9. The number of hydrogen-bond donors (Lipinski definition) is 2. The highest BCUT2D eigenvalue weighted by molar-refractivity contribution is 5.95. The third kappa shape index (κ3) is 6.49. The molecule has 2 aromatic carbocycles. The van der Waals surface area contributed by atoms with Crippen molar-refractivity contribution in [3.05, 3.63) is 59.9 Å². The van der Waals surface area contributed by atoms with Crippen LogP contribution in [0.4, 0.5) is 15.8 Å².